The molecule has 1 aromatic heterocycles. The maximum atomic E-state index is 11.2. The summed E-state index contributed by atoms with van der Waals surface area (Å²) in [6.45, 7) is 0. The number of benzene rings is 1. The van der Waals surface area contributed by atoms with E-state index in [-0.39, 0.29) is 6.42 Å². The van der Waals surface area contributed by atoms with Crippen molar-refractivity contribution < 1.29 is 29.7 Å². The standard InChI is InChI=1S/C14H13NO6/c16-11(12(17)18)6-14(21,13(19)20)5-8-7-15-10-4-2-1-3-9(8)10/h1-4,7,15,21H,5-6H2,(H,17,18)(H,19,20). The first-order valence-corrected chi connectivity index (χ1v) is 6.10. The molecule has 0 fully saturated rings. The Kier molecular flexibility index (Phi) is 3.77. The molecule has 0 bridgehead atoms. The van der Waals surface area contributed by atoms with Crippen molar-refractivity contribution >= 4 is 28.6 Å². The molecule has 0 spiro atoms. The second-order valence-electron chi connectivity index (χ2n) is 4.78. The van der Waals surface area contributed by atoms with E-state index in [9.17, 15) is 19.5 Å². The van der Waals surface area contributed by atoms with Gasteiger partial charge in [0, 0.05) is 23.5 Å². The number of hydrogen-bond acceptors (Lipinski definition) is 4. The summed E-state index contributed by atoms with van der Waals surface area (Å²) in [4.78, 5) is 35.9. The van der Waals surface area contributed by atoms with Crippen molar-refractivity contribution in [2.45, 2.75) is 18.4 Å². The fourth-order valence-electron chi connectivity index (χ4n) is 2.15. The van der Waals surface area contributed by atoms with Gasteiger partial charge in [-0.25, -0.2) is 9.59 Å². The predicted octanol–water partition coefficient (Wildman–Crippen LogP) is 0.570. The molecule has 0 aliphatic carbocycles. The van der Waals surface area contributed by atoms with Gasteiger partial charge in [-0.3, -0.25) is 4.79 Å². The molecule has 1 unspecified atom stereocenters. The normalized spacial score (nSPS) is 13.8. The molecule has 1 heterocycles. The number of ketones is 1. The Balaban J connectivity index is 2.34. The number of carbonyl (C=O) groups excluding carboxylic acids is 1. The Labute approximate surface area is 118 Å². The Bertz CT molecular complexity index is 719. The second kappa shape index (κ2) is 5.37. The molecule has 1 atom stereocenters. The average molecular weight is 291 g/mol. The molecule has 0 radical (unpaired) electrons. The highest BCUT2D eigenvalue weighted by molar-refractivity contribution is 6.33. The summed E-state index contributed by atoms with van der Waals surface area (Å²) in [6, 6.07) is 7.06. The van der Waals surface area contributed by atoms with Gasteiger partial charge in [0.05, 0.1) is 6.42 Å². The van der Waals surface area contributed by atoms with Crippen LogP contribution in [0.3, 0.4) is 0 Å². The van der Waals surface area contributed by atoms with Gasteiger partial charge < -0.3 is 20.3 Å². The molecule has 0 amide bonds. The molecule has 0 aliphatic heterocycles. The summed E-state index contributed by atoms with van der Waals surface area (Å²) in [5.74, 6) is -4.75. The summed E-state index contributed by atoms with van der Waals surface area (Å²) < 4.78 is 0. The summed E-state index contributed by atoms with van der Waals surface area (Å²) in [5, 5.41) is 28.5. The summed E-state index contributed by atoms with van der Waals surface area (Å²) >= 11 is 0. The van der Waals surface area contributed by atoms with Crippen LogP contribution in [0, 0.1) is 0 Å². The predicted molar refractivity (Wildman–Crippen MR) is 71.8 cm³/mol. The number of carboxylic acid groups (broad SMARTS) is 2. The van der Waals surface area contributed by atoms with Gasteiger partial charge in [0.2, 0.25) is 5.78 Å². The number of carbonyl (C=O) groups is 3. The molecule has 7 nitrogen and oxygen atoms in total. The highest BCUT2D eigenvalue weighted by atomic mass is 16.4. The number of rotatable bonds is 6. The smallest absolute Gasteiger partial charge is 0.372 e. The summed E-state index contributed by atoms with van der Waals surface area (Å²) in [7, 11) is 0. The molecule has 2 rings (SSSR count). The fourth-order valence-corrected chi connectivity index (χ4v) is 2.15. The number of para-hydroxylation sites is 1. The van der Waals surface area contributed by atoms with Crippen LogP contribution >= 0.6 is 0 Å². The number of fused-ring (bicyclic) bond motifs is 1. The highest BCUT2D eigenvalue weighted by Crippen LogP contribution is 2.25. The van der Waals surface area contributed by atoms with Crippen molar-refractivity contribution in [2.75, 3.05) is 0 Å². The first kappa shape index (κ1) is 14.7. The molecule has 0 saturated heterocycles. The molecular formula is C14H13NO6. The number of aliphatic hydroxyl groups is 1. The largest absolute Gasteiger partial charge is 0.479 e. The number of aliphatic carboxylic acids is 2. The SMILES string of the molecule is O=C(O)C(=O)CC(O)(Cc1c[nH]c2ccccc12)C(=O)O. The Hall–Kier alpha value is -2.67. The Morgan fingerprint density at radius 2 is 1.81 bits per heavy atom. The fraction of sp³-hybridized carbons (Fsp3) is 0.214. The number of H-pyrrole nitrogens is 1. The van der Waals surface area contributed by atoms with Gasteiger partial charge >= 0.3 is 11.9 Å². The number of carboxylic acids is 2. The number of hydrogen-bond donors (Lipinski definition) is 4. The quantitative estimate of drug-likeness (QED) is 0.576. The van der Waals surface area contributed by atoms with Crippen molar-refractivity contribution in [3.63, 3.8) is 0 Å². The molecule has 0 aliphatic rings. The van der Waals surface area contributed by atoms with Crippen LogP contribution in [0.4, 0.5) is 0 Å². The third-order valence-electron chi connectivity index (χ3n) is 3.25. The monoisotopic (exact) mass is 291 g/mol. The second-order valence-corrected chi connectivity index (χ2v) is 4.78. The van der Waals surface area contributed by atoms with E-state index in [4.69, 9.17) is 10.2 Å². The zero-order chi connectivity index (χ0) is 15.6. The summed E-state index contributed by atoms with van der Waals surface area (Å²) in [5.41, 5.74) is -1.21. The molecule has 110 valence electrons. The summed E-state index contributed by atoms with van der Waals surface area (Å²) in [6.07, 6.45) is 0.173. The van der Waals surface area contributed by atoms with Crippen molar-refractivity contribution in [1.29, 1.82) is 0 Å². The zero-order valence-corrected chi connectivity index (χ0v) is 10.9. The van der Waals surface area contributed by atoms with Gasteiger partial charge in [-0.05, 0) is 11.6 Å². The van der Waals surface area contributed by atoms with Crippen LogP contribution in [-0.4, -0.2) is 43.6 Å². The number of aromatic amines is 1. The van der Waals surface area contributed by atoms with E-state index >= 15 is 0 Å². The van der Waals surface area contributed by atoms with Crippen LogP contribution in [-0.2, 0) is 20.8 Å². The zero-order valence-electron chi connectivity index (χ0n) is 10.9. The van der Waals surface area contributed by atoms with Crippen LogP contribution in [0.2, 0.25) is 0 Å². The van der Waals surface area contributed by atoms with E-state index in [1.807, 2.05) is 0 Å². The minimum atomic E-state index is -2.46. The van der Waals surface area contributed by atoms with Gasteiger partial charge in [-0.2, -0.15) is 0 Å². The van der Waals surface area contributed by atoms with Crippen LogP contribution in [0.1, 0.15) is 12.0 Å². The van der Waals surface area contributed by atoms with E-state index < -0.39 is 29.7 Å². The van der Waals surface area contributed by atoms with E-state index in [0.29, 0.717) is 10.9 Å². The van der Waals surface area contributed by atoms with E-state index in [1.54, 1.807) is 24.3 Å². The lowest BCUT2D eigenvalue weighted by Gasteiger charge is -2.21. The third-order valence-corrected chi connectivity index (χ3v) is 3.25. The van der Waals surface area contributed by atoms with Gasteiger partial charge in [-0.1, -0.05) is 18.2 Å². The van der Waals surface area contributed by atoms with Crippen LogP contribution in [0.25, 0.3) is 10.9 Å². The van der Waals surface area contributed by atoms with Crippen LogP contribution in [0.15, 0.2) is 30.5 Å². The minimum Gasteiger partial charge on any atom is -0.479 e. The molecule has 1 aromatic carbocycles. The minimum absolute atomic E-state index is 0.370. The molecule has 7 heteroatoms. The van der Waals surface area contributed by atoms with Gasteiger partial charge in [0.1, 0.15) is 0 Å². The topological polar surface area (TPSA) is 128 Å². The maximum Gasteiger partial charge on any atom is 0.372 e. The first-order chi connectivity index (χ1) is 9.83. The van der Waals surface area contributed by atoms with Crippen molar-refractivity contribution in [2.24, 2.45) is 0 Å². The Morgan fingerprint density at radius 3 is 2.43 bits per heavy atom. The van der Waals surface area contributed by atoms with Crippen molar-refractivity contribution in [3.05, 3.63) is 36.0 Å². The lowest BCUT2D eigenvalue weighted by molar-refractivity contribution is -0.163. The maximum absolute atomic E-state index is 11.2. The first-order valence-electron chi connectivity index (χ1n) is 6.10. The molecule has 0 saturated carbocycles. The van der Waals surface area contributed by atoms with Crippen molar-refractivity contribution in [1.82, 2.24) is 4.98 Å². The molecule has 21 heavy (non-hydrogen) atoms. The van der Waals surface area contributed by atoms with Gasteiger partial charge in [0.25, 0.3) is 0 Å². The van der Waals surface area contributed by atoms with E-state index in [1.165, 1.54) is 6.20 Å². The lowest BCUT2D eigenvalue weighted by Crippen LogP contribution is -2.44. The highest BCUT2D eigenvalue weighted by Gasteiger charge is 2.40. The van der Waals surface area contributed by atoms with Crippen LogP contribution in [0.5, 0.6) is 0 Å². The van der Waals surface area contributed by atoms with Gasteiger partial charge in [-0.15, -0.1) is 0 Å². The molecule has 4 N–H and O–H groups in total. The molecule has 2 aromatic rings. The lowest BCUT2D eigenvalue weighted by atomic mass is 9.89. The Morgan fingerprint density at radius 1 is 1.14 bits per heavy atom. The van der Waals surface area contributed by atoms with Gasteiger partial charge in [0.15, 0.2) is 5.60 Å². The number of aromatic nitrogens is 1. The number of nitrogens with one attached hydrogen (secondary N) is 1. The number of Topliss-reactive ketones (excluding diaryl/α,β-unsaturated/α-hetero) is 1. The third kappa shape index (κ3) is 2.92. The van der Waals surface area contributed by atoms with E-state index in [0.717, 1.165) is 5.52 Å². The average Bonchev–Trinajstić information content (AvgIpc) is 2.81. The van der Waals surface area contributed by atoms with Crippen LogP contribution < -0.4 is 0 Å². The molecular weight excluding hydrogens is 278 g/mol. The van der Waals surface area contributed by atoms with E-state index in [2.05, 4.69) is 4.98 Å². The van der Waals surface area contributed by atoms with Crippen molar-refractivity contribution in [3.8, 4) is 0 Å².